The Balaban J connectivity index is 3.33. The second-order valence-electron chi connectivity index (χ2n) is 3.30. The molecule has 0 rings (SSSR count). The molecule has 0 aliphatic heterocycles. The van der Waals surface area contributed by atoms with Crippen LogP contribution in [-0.2, 0) is 4.79 Å². The van der Waals surface area contributed by atoms with Crippen molar-refractivity contribution in [2.45, 2.75) is 25.7 Å². The topological polar surface area (TPSA) is 58.2 Å². The molecule has 0 spiro atoms. The van der Waals surface area contributed by atoms with Crippen molar-refractivity contribution >= 4 is 35.3 Å². The summed E-state index contributed by atoms with van der Waals surface area (Å²) in [7, 11) is 0. The summed E-state index contributed by atoms with van der Waals surface area (Å²) in [5.41, 5.74) is 0. The molecule has 94 valence electrons. The van der Waals surface area contributed by atoms with Gasteiger partial charge in [0.25, 0.3) is 0 Å². The molecule has 6 heteroatoms. The quantitative estimate of drug-likeness (QED) is 0.522. The number of rotatable bonds is 8. The SMILES string of the molecule is CSCCCCCNC(=O)NC(=O)CCCl. The molecule has 16 heavy (non-hydrogen) atoms. The van der Waals surface area contributed by atoms with E-state index in [1.807, 2.05) is 11.8 Å². The van der Waals surface area contributed by atoms with E-state index in [0.29, 0.717) is 6.54 Å². The maximum Gasteiger partial charge on any atom is 0.321 e. The Bertz CT molecular complexity index is 215. The molecule has 0 aliphatic carbocycles. The summed E-state index contributed by atoms with van der Waals surface area (Å²) < 4.78 is 0. The first-order valence-electron chi connectivity index (χ1n) is 5.33. The first-order valence-corrected chi connectivity index (χ1v) is 7.26. The lowest BCUT2D eigenvalue weighted by Crippen LogP contribution is -2.39. The van der Waals surface area contributed by atoms with E-state index in [0.717, 1.165) is 25.0 Å². The van der Waals surface area contributed by atoms with Crippen molar-refractivity contribution in [2.24, 2.45) is 0 Å². The van der Waals surface area contributed by atoms with E-state index >= 15 is 0 Å². The normalized spacial score (nSPS) is 9.88. The summed E-state index contributed by atoms with van der Waals surface area (Å²) in [6.07, 6.45) is 5.45. The molecule has 0 bridgehead atoms. The highest BCUT2D eigenvalue weighted by Crippen LogP contribution is 2.01. The molecular weight excluding hydrogens is 248 g/mol. The van der Waals surface area contributed by atoms with Crippen molar-refractivity contribution in [3.63, 3.8) is 0 Å². The Hall–Kier alpha value is -0.420. The number of hydrogen-bond acceptors (Lipinski definition) is 3. The van der Waals surface area contributed by atoms with Crippen LogP contribution in [0.3, 0.4) is 0 Å². The van der Waals surface area contributed by atoms with Gasteiger partial charge in [-0.3, -0.25) is 10.1 Å². The fourth-order valence-corrected chi connectivity index (χ4v) is 1.73. The molecule has 0 aromatic carbocycles. The van der Waals surface area contributed by atoms with Gasteiger partial charge in [-0.2, -0.15) is 11.8 Å². The van der Waals surface area contributed by atoms with Crippen LogP contribution in [-0.4, -0.2) is 36.4 Å². The molecule has 3 amide bonds. The Morgan fingerprint density at radius 2 is 2.00 bits per heavy atom. The predicted octanol–water partition coefficient (Wildman–Crippen LogP) is 1.97. The van der Waals surface area contributed by atoms with Crippen LogP contribution in [0, 0.1) is 0 Å². The number of thioether (sulfide) groups is 1. The third kappa shape index (κ3) is 10.1. The monoisotopic (exact) mass is 266 g/mol. The number of amides is 3. The first kappa shape index (κ1) is 15.6. The van der Waals surface area contributed by atoms with Gasteiger partial charge in [0.2, 0.25) is 5.91 Å². The molecule has 0 unspecified atom stereocenters. The summed E-state index contributed by atoms with van der Waals surface area (Å²) in [4.78, 5) is 22.1. The number of imide groups is 1. The molecule has 0 aromatic rings. The van der Waals surface area contributed by atoms with Crippen LogP contribution in [0.25, 0.3) is 0 Å². The Kier molecular flexibility index (Phi) is 10.8. The summed E-state index contributed by atoms with van der Waals surface area (Å²) >= 11 is 7.18. The minimum Gasteiger partial charge on any atom is -0.338 e. The van der Waals surface area contributed by atoms with Crippen molar-refractivity contribution in [1.82, 2.24) is 10.6 Å². The molecule has 2 N–H and O–H groups in total. The number of alkyl halides is 1. The van der Waals surface area contributed by atoms with Gasteiger partial charge in [0.15, 0.2) is 0 Å². The highest BCUT2D eigenvalue weighted by atomic mass is 35.5. The van der Waals surface area contributed by atoms with E-state index in [1.165, 1.54) is 0 Å². The van der Waals surface area contributed by atoms with Crippen LogP contribution in [0.15, 0.2) is 0 Å². The fourth-order valence-electron chi connectivity index (χ4n) is 1.07. The largest absolute Gasteiger partial charge is 0.338 e. The first-order chi connectivity index (χ1) is 7.70. The third-order valence-corrected chi connectivity index (χ3v) is 2.77. The van der Waals surface area contributed by atoms with Crippen LogP contribution < -0.4 is 10.6 Å². The molecule has 4 nitrogen and oxygen atoms in total. The second kappa shape index (κ2) is 11.1. The summed E-state index contributed by atoms with van der Waals surface area (Å²) in [6.45, 7) is 0.606. The number of nitrogens with one attached hydrogen (secondary N) is 2. The average molecular weight is 267 g/mol. The number of unbranched alkanes of at least 4 members (excludes halogenated alkanes) is 2. The van der Waals surface area contributed by atoms with E-state index < -0.39 is 6.03 Å². The van der Waals surface area contributed by atoms with Gasteiger partial charge < -0.3 is 5.32 Å². The minimum absolute atomic E-state index is 0.169. The molecule has 0 saturated carbocycles. The molecule has 0 atom stereocenters. The second-order valence-corrected chi connectivity index (χ2v) is 4.66. The van der Waals surface area contributed by atoms with Gasteiger partial charge in [0.05, 0.1) is 0 Å². The van der Waals surface area contributed by atoms with Crippen LogP contribution in [0.5, 0.6) is 0 Å². The molecular formula is C10H19ClN2O2S. The van der Waals surface area contributed by atoms with Gasteiger partial charge in [0.1, 0.15) is 0 Å². The number of hydrogen-bond donors (Lipinski definition) is 2. The van der Waals surface area contributed by atoms with E-state index in [-0.39, 0.29) is 18.2 Å². The molecule has 0 fully saturated rings. The Labute approximate surface area is 106 Å². The van der Waals surface area contributed by atoms with Crippen LogP contribution in [0.1, 0.15) is 25.7 Å². The summed E-state index contributed by atoms with van der Waals surface area (Å²) in [5, 5.41) is 4.83. The molecule has 0 saturated heterocycles. The zero-order chi connectivity index (χ0) is 12.2. The van der Waals surface area contributed by atoms with E-state index in [9.17, 15) is 9.59 Å². The zero-order valence-electron chi connectivity index (χ0n) is 9.55. The molecule has 0 heterocycles. The van der Waals surface area contributed by atoms with Gasteiger partial charge >= 0.3 is 6.03 Å². The van der Waals surface area contributed by atoms with E-state index in [1.54, 1.807) is 0 Å². The van der Waals surface area contributed by atoms with Crippen LogP contribution in [0.4, 0.5) is 4.79 Å². The maximum absolute atomic E-state index is 11.1. The van der Waals surface area contributed by atoms with Gasteiger partial charge in [-0.25, -0.2) is 4.79 Å². The van der Waals surface area contributed by atoms with Crippen molar-refractivity contribution in [3.8, 4) is 0 Å². The summed E-state index contributed by atoms with van der Waals surface area (Å²) in [6, 6.07) is -0.431. The van der Waals surface area contributed by atoms with Crippen molar-refractivity contribution in [1.29, 1.82) is 0 Å². The van der Waals surface area contributed by atoms with Gasteiger partial charge in [-0.15, -0.1) is 11.6 Å². The number of carbonyl (C=O) groups is 2. The summed E-state index contributed by atoms with van der Waals surface area (Å²) in [5.74, 6) is 1.05. The smallest absolute Gasteiger partial charge is 0.321 e. The fraction of sp³-hybridized carbons (Fsp3) is 0.800. The van der Waals surface area contributed by atoms with Crippen LogP contribution in [0.2, 0.25) is 0 Å². The van der Waals surface area contributed by atoms with E-state index in [4.69, 9.17) is 11.6 Å². The molecule has 0 radical (unpaired) electrons. The highest BCUT2D eigenvalue weighted by Gasteiger charge is 2.05. The average Bonchev–Trinajstić information content (AvgIpc) is 2.23. The van der Waals surface area contributed by atoms with Gasteiger partial charge in [-0.05, 0) is 24.9 Å². The van der Waals surface area contributed by atoms with Crippen molar-refractivity contribution < 1.29 is 9.59 Å². The Morgan fingerprint density at radius 3 is 2.62 bits per heavy atom. The van der Waals surface area contributed by atoms with Crippen LogP contribution >= 0.6 is 23.4 Å². The number of halogens is 1. The van der Waals surface area contributed by atoms with Gasteiger partial charge in [-0.1, -0.05) is 6.42 Å². The number of urea groups is 1. The van der Waals surface area contributed by atoms with E-state index in [2.05, 4.69) is 16.9 Å². The number of carbonyl (C=O) groups excluding carboxylic acids is 2. The van der Waals surface area contributed by atoms with Crippen molar-refractivity contribution in [3.05, 3.63) is 0 Å². The maximum atomic E-state index is 11.1. The standard InChI is InChI=1S/C10H19ClN2O2S/c1-16-8-4-2-3-7-12-10(15)13-9(14)5-6-11/h2-8H2,1H3,(H2,12,13,14,15). The lowest BCUT2D eigenvalue weighted by Gasteiger charge is -2.05. The van der Waals surface area contributed by atoms with Gasteiger partial charge in [0, 0.05) is 18.8 Å². The Morgan fingerprint density at radius 1 is 1.25 bits per heavy atom. The third-order valence-electron chi connectivity index (χ3n) is 1.89. The predicted molar refractivity (Wildman–Crippen MR) is 69.1 cm³/mol. The zero-order valence-corrected chi connectivity index (χ0v) is 11.1. The lowest BCUT2D eigenvalue weighted by molar-refractivity contribution is -0.119. The minimum atomic E-state index is -0.431. The lowest BCUT2D eigenvalue weighted by atomic mass is 10.2. The molecule has 0 aromatic heterocycles. The van der Waals surface area contributed by atoms with Crippen molar-refractivity contribution in [2.75, 3.05) is 24.4 Å². The highest BCUT2D eigenvalue weighted by molar-refractivity contribution is 7.98. The molecule has 0 aliphatic rings.